The van der Waals surface area contributed by atoms with Crippen LogP contribution in [0.1, 0.15) is 29.0 Å². The Morgan fingerprint density at radius 2 is 1.86 bits per heavy atom. The first kappa shape index (κ1) is 19.7. The van der Waals surface area contributed by atoms with E-state index in [1.165, 1.54) is 11.8 Å². The number of ether oxygens (including phenoxy) is 1. The smallest absolute Gasteiger partial charge is 0.290 e. The van der Waals surface area contributed by atoms with E-state index in [0.717, 1.165) is 51.4 Å². The molecule has 29 heavy (non-hydrogen) atoms. The highest BCUT2D eigenvalue weighted by atomic mass is 16.5. The third-order valence-electron chi connectivity index (χ3n) is 5.59. The van der Waals surface area contributed by atoms with Crippen molar-refractivity contribution in [3.63, 3.8) is 0 Å². The second kappa shape index (κ2) is 9.24. The summed E-state index contributed by atoms with van der Waals surface area (Å²) in [5.41, 5.74) is 1.99. The Labute approximate surface area is 170 Å². The lowest BCUT2D eigenvalue weighted by Gasteiger charge is -2.26. The lowest BCUT2D eigenvalue weighted by Crippen LogP contribution is -2.43. The Balaban J connectivity index is 1.31. The van der Waals surface area contributed by atoms with E-state index in [1.807, 2.05) is 12.1 Å². The monoisotopic (exact) mass is 397 g/mol. The first-order chi connectivity index (χ1) is 14.2. The Hall–Kier alpha value is -2.64. The van der Waals surface area contributed by atoms with Gasteiger partial charge in [0.2, 0.25) is 5.91 Å². The van der Waals surface area contributed by atoms with Crippen molar-refractivity contribution in [1.29, 1.82) is 0 Å². The van der Waals surface area contributed by atoms with Crippen LogP contribution >= 0.6 is 0 Å². The number of carbonyl (C=O) groups excluding carboxylic acids is 2. The second-order valence-corrected chi connectivity index (χ2v) is 7.52. The molecule has 2 aliphatic heterocycles. The zero-order valence-corrected chi connectivity index (χ0v) is 16.5. The van der Waals surface area contributed by atoms with E-state index >= 15 is 0 Å². The van der Waals surface area contributed by atoms with Crippen LogP contribution in [0.25, 0.3) is 0 Å². The molecule has 2 amide bonds. The fourth-order valence-electron chi connectivity index (χ4n) is 3.92. The van der Waals surface area contributed by atoms with Gasteiger partial charge in [-0.05, 0) is 49.1 Å². The van der Waals surface area contributed by atoms with Gasteiger partial charge in [-0.1, -0.05) is 12.1 Å². The normalized spacial score (nSPS) is 20.0. The molecule has 4 rings (SSSR count). The van der Waals surface area contributed by atoms with E-state index in [4.69, 9.17) is 9.15 Å². The summed E-state index contributed by atoms with van der Waals surface area (Å²) in [5.74, 6) is -0.107. The highest BCUT2D eigenvalue weighted by Crippen LogP contribution is 2.22. The number of amides is 2. The first-order valence-electron chi connectivity index (χ1n) is 10.2. The zero-order chi connectivity index (χ0) is 20.1. The molecule has 3 heterocycles. The molecule has 2 aromatic rings. The maximum atomic E-state index is 12.8. The van der Waals surface area contributed by atoms with Gasteiger partial charge in [0.25, 0.3) is 5.91 Å². The number of anilines is 1. The van der Waals surface area contributed by atoms with Crippen LogP contribution in [0.15, 0.2) is 47.1 Å². The van der Waals surface area contributed by atoms with Gasteiger partial charge < -0.3 is 19.4 Å². The van der Waals surface area contributed by atoms with Crippen molar-refractivity contribution in [2.24, 2.45) is 0 Å². The molecule has 1 aromatic heterocycles. The molecule has 0 spiro atoms. The molecule has 0 saturated carbocycles. The predicted octanol–water partition coefficient (Wildman–Crippen LogP) is 2.40. The first-order valence-corrected chi connectivity index (χ1v) is 10.2. The van der Waals surface area contributed by atoms with Crippen molar-refractivity contribution >= 4 is 17.5 Å². The van der Waals surface area contributed by atoms with Gasteiger partial charge in [0.15, 0.2) is 5.76 Å². The van der Waals surface area contributed by atoms with Crippen LogP contribution in [0, 0.1) is 0 Å². The van der Waals surface area contributed by atoms with Gasteiger partial charge in [-0.15, -0.1) is 0 Å². The summed E-state index contributed by atoms with van der Waals surface area (Å²) in [7, 11) is 0. The molecule has 0 bridgehead atoms. The maximum Gasteiger partial charge on any atom is 0.290 e. The number of carbonyl (C=O) groups is 2. The van der Waals surface area contributed by atoms with Crippen LogP contribution in [-0.4, -0.2) is 67.0 Å². The minimum atomic E-state index is -0.464. The summed E-state index contributed by atoms with van der Waals surface area (Å²) in [6, 6.07) is 10.8. The van der Waals surface area contributed by atoms with Crippen LogP contribution in [0.5, 0.6) is 0 Å². The summed E-state index contributed by atoms with van der Waals surface area (Å²) in [5, 5.41) is 2.96. The summed E-state index contributed by atoms with van der Waals surface area (Å²) in [4.78, 5) is 29.3. The van der Waals surface area contributed by atoms with Crippen LogP contribution in [0.4, 0.5) is 5.69 Å². The van der Waals surface area contributed by atoms with Crippen molar-refractivity contribution < 1.29 is 18.7 Å². The topological polar surface area (TPSA) is 75.0 Å². The van der Waals surface area contributed by atoms with Gasteiger partial charge in [-0.25, -0.2) is 0 Å². The van der Waals surface area contributed by atoms with Gasteiger partial charge >= 0.3 is 0 Å². The molecule has 1 aromatic carbocycles. The molecule has 154 valence electrons. The molecule has 2 fully saturated rings. The lowest BCUT2D eigenvalue weighted by atomic mass is 10.1. The SMILES string of the molecule is O=C(Nc1ccc(CCN2CCOCC2)cc1)[C@@H]1CCCN1C(=O)c1ccco1. The number of morpholine rings is 1. The fraction of sp³-hybridized carbons (Fsp3) is 0.455. The van der Waals surface area contributed by atoms with Gasteiger partial charge in [0.05, 0.1) is 19.5 Å². The number of likely N-dealkylation sites (tertiary alicyclic amines) is 1. The summed E-state index contributed by atoms with van der Waals surface area (Å²) >= 11 is 0. The average molecular weight is 397 g/mol. The molecule has 2 saturated heterocycles. The largest absolute Gasteiger partial charge is 0.459 e. The van der Waals surface area contributed by atoms with E-state index in [2.05, 4.69) is 22.3 Å². The summed E-state index contributed by atoms with van der Waals surface area (Å²) in [6.07, 6.45) is 3.92. The van der Waals surface area contributed by atoms with E-state index in [9.17, 15) is 9.59 Å². The number of hydrogen-bond donors (Lipinski definition) is 1. The Kier molecular flexibility index (Phi) is 6.27. The van der Waals surface area contributed by atoms with E-state index in [-0.39, 0.29) is 17.6 Å². The second-order valence-electron chi connectivity index (χ2n) is 7.52. The minimum absolute atomic E-state index is 0.150. The van der Waals surface area contributed by atoms with Crippen molar-refractivity contribution in [3.05, 3.63) is 54.0 Å². The Morgan fingerprint density at radius 1 is 1.07 bits per heavy atom. The van der Waals surface area contributed by atoms with Gasteiger partial charge in [0, 0.05) is 31.9 Å². The van der Waals surface area contributed by atoms with Gasteiger partial charge in [-0.3, -0.25) is 14.5 Å². The van der Waals surface area contributed by atoms with Crippen molar-refractivity contribution in [1.82, 2.24) is 9.80 Å². The van der Waals surface area contributed by atoms with Crippen molar-refractivity contribution in [2.75, 3.05) is 44.7 Å². The molecule has 7 nitrogen and oxygen atoms in total. The van der Waals surface area contributed by atoms with Crippen LogP contribution in [0.2, 0.25) is 0 Å². The highest BCUT2D eigenvalue weighted by Gasteiger charge is 2.35. The molecule has 1 atom stereocenters. The summed E-state index contributed by atoms with van der Waals surface area (Å²) in [6.45, 7) is 5.18. The molecule has 2 aliphatic rings. The van der Waals surface area contributed by atoms with Crippen molar-refractivity contribution in [3.8, 4) is 0 Å². The van der Waals surface area contributed by atoms with Gasteiger partial charge in [0.1, 0.15) is 6.04 Å². The van der Waals surface area contributed by atoms with Crippen LogP contribution in [0.3, 0.4) is 0 Å². The number of benzene rings is 1. The zero-order valence-electron chi connectivity index (χ0n) is 16.5. The minimum Gasteiger partial charge on any atom is -0.459 e. The van der Waals surface area contributed by atoms with E-state index in [1.54, 1.807) is 17.0 Å². The lowest BCUT2D eigenvalue weighted by molar-refractivity contribution is -0.119. The quantitative estimate of drug-likeness (QED) is 0.810. The number of furan rings is 1. The van der Waals surface area contributed by atoms with Crippen LogP contribution in [-0.2, 0) is 16.0 Å². The fourth-order valence-corrected chi connectivity index (χ4v) is 3.92. The number of nitrogens with one attached hydrogen (secondary N) is 1. The molecule has 0 unspecified atom stereocenters. The third kappa shape index (κ3) is 4.86. The molecule has 7 heteroatoms. The average Bonchev–Trinajstić information content (AvgIpc) is 3.46. The maximum absolute atomic E-state index is 12.8. The predicted molar refractivity (Wildman–Crippen MR) is 109 cm³/mol. The molecular weight excluding hydrogens is 370 g/mol. The van der Waals surface area contributed by atoms with E-state index < -0.39 is 6.04 Å². The van der Waals surface area contributed by atoms with Gasteiger partial charge in [-0.2, -0.15) is 0 Å². The van der Waals surface area contributed by atoms with E-state index in [0.29, 0.717) is 13.0 Å². The standard InChI is InChI=1S/C22H27N3O4/c26-21(19-3-1-10-25(19)22(27)20-4-2-14-29-20)23-18-7-5-17(6-8-18)9-11-24-12-15-28-16-13-24/h2,4-8,14,19H,1,3,9-13,15-16H2,(H,23,26)/t19-/m0/s1. The Bertz CT molecular complexity index is 813. The summed E-state index contributed by atoms with van der Waals surface area (Å²) < 4.78 is 10.6. The third-order valence-corrected chi connectivity index (χ3v) is 5.59. The number of hydrogen-bond acceptors (Lipinski definition) is 5. The molecular formula is C22H27N3O4. The molecule has 0 aliphatic carbocycles. The highest BCUT2D eigenvalue weighted by molar-refractivity contribution is 6.00. The number of nitrogens with zero attached hydrogens (tertiary/aromatic N) is 2. The van der Waals surface area contributed by atoms with Crippen LogP contribution < -0.4 is 5.32 Å². The number of rotatable bonds is 6. The van der Waals surface area contributed by atoms with Crippen molar-refractivity contribution in [2.45, 2.75) is 25.3 Å². The Morgan fingerprint density at radius 3 is 2.59 bits per heavy atom. The molecule has 1 N–H and O–H groups in total. The molecule has 0 radical (unpaired) electrons.